The van der Waals surface area contributed by atoms with E-state index in [0.29, 0.717) is 12.6 Å². The molecule has 5 nitrogen and oxygen atoms in total. The zero-order chi connectivity index (χ0) is 18.9. The molecule has 0 unspecified atom stereocenters. The molecular weight excluding hydrogens is 326 g/mol. The minimum Gasteiger partial charge on any atom is -0.378 e. The molecule has 0 aromatic heterocycles. The van der Waals surface area contributed by atoms with Crippen molar-refractivity contribution < 1.29 is 9.53 Å². The molecule has 2 N–H and O–H groups in total. The first-order valence-corrected chi connectivity index (χ1v) is 9.99. The fourth-order valence-electron chi connectivity index (χ4n) is 3.39. The number of carbonyl (C=O) groups is 1. The van der Waals surface area contributed by atoms with Crippen LogP contribution in [0.1, 0.15) is 56.0 Å². The predicted octanol–water partition coefficient (Wildman–Crippen LogP) is 2.89. The van der Waals surface area contributed by atoms with Gasteiger partial charge in [-0.05, 0) is 63.9 Å². The SMILES string of the molecule is CCN(Cc1ccc(C(=O)N2CCC(OCCCN)CC2)cc1)C(C)C. The van der Waals surface area contributed by atoms with Gasteiger partial charge in [0.25, 0.3) is 5.91 Å². The topological polar surface area (TPSA) is 58.8 Å². The molecule has 0 saturated carbocycles. The van der Waals surface area contributed by atoms with E-state index < -0.39 is 0 Å². The van der Waals surface area contributed by atoms with Crippen LogP contribution in [0.15, 0.2) is 24.3 Å². The third kappa shape index (κ3) is 6.08. The zero-order valence-electron chi connectivity index (χ0n) is 16.6. The van der Waals surface area contributed by atoms with Gasteiger partial charge < -0.3 is 15.4 Å². The Bertz CT molecular complexity index is 537. The second kappa shape index (κ2) is 10.7. The number of likely N-dealkylation sites (tertiary alicyclic amines) is 1. The van der Waals surface area contributed by atoms with Gasteiger partial charge in [0.15, 0.2) is 0 Å². The molecule has 1 aromatic rings. The number of nitrogens with two attached hydrogens (primary N) is 1. The first kappa shape index (κ1) is 20.9. The van der Waals surface area contributed by atoms with Crippen molar-refractivity contribution in [3.63, 3.8) is 0 Å². The van der Waals surface area contributed by atoms with Crippen LogP contribution in [-0.2, 0) is 11.3 Å². The zero-order valence-corrected chi connectivity index (χ0v) is 16.6. The van der Waals surface area contributed by atoms with E-state index in [2.05, 4.69) is 37.8 Å². The Hall–Kier alpha value is -1.43. The molecule has 146 valence electrons. The van der Waals surface area contributed by atoms with Crippen LogP contribution in [0.25, 0.3) is 0 Å². The Morgan fingerprint density at radius 1 is 1.27 bits per heavy atom. The minimum absolute atomic E-state index is 0.133. The molecule has 0 bridgehead atoms. The molecule has 0 aliphatic carbocycles. The van der Waals surface area contributed by atoms with Gasteiger partial charge in [0, 0.05) is 37.8 Å². The van der Waals surface area contributed by atoms with E-state index in [1.54, 1.807) is 0 Å². The standard InChI is InChI=1S/C21H35N3O2/c1-4-23(17(2)3)16-18-6-8-19(9-7-18)21(25)24-13-10-20(11-14-24)26-15-5-12-22/h6-9,17,20H,4-5,10-16,22H2,1-3H3. The summed E-state index contributed by atoms with van der Waals surface area (Å²) in [5.74, 6) is 0.133. The van der Waals surface area contributed by atoms with Gasteiger partial charge in [-0.25, -0.2) is 0 Å². The first-order valence-electron chi connectivity index (χ1n) is 9.99. The molecule has 1 aliphatic rings. The number of nitrogens with zero attached hydrogens (tertiary/aromatic N) is 2. The molecule has 5 heteroatoms. The fourth-order valence-corrected chi connectivity index (χ4v) is 3.39. The van der Waals surface area contributed by atoms with Crippen LogP contribution < -0.4 is 5.73 Å². The van der Waals surface area contributed by atoms with Crippen molar-refractivity contribution in [1.29, 1.82) is 0 Å². The number of piperidine rings is 1. The summed E-state index contributed by atoms with van der Waals surface area (Å²) in [6, 6.07) is 8.63. The molecule has 1 aromatic carbocycles. The number of amides is 1. The minimum atomic E-state index is 0.133. The summed E-state index contributed by atoms with van der Waals surface area (Å²) in [5, 5.41) is 0. The van der Waals surface area contributed by atoms with Gasteiger partial charge in [-0.15, -0.1) is 0 Å². The van der Waals surface area contributed by atoms with E-state index in [-0.39, 0.29) is 12.0 Å². The summed E-state index contributed by atoms with van der Waals surface area (Å²) in [6.07, 6.45) is 2.99. The third-order valence-corrected chi connectivity index (χ3v) is 5.15. The number of rotatable bonds is 9. The van der Waals surface area contributed by atoms with Gasteiger partial charge in [-0.1, -0.05) is 19.1 Å². The molecule has 1 heterocycles. The predicted molar refractivity (Wildman–Crippen MR) is 106 cm³/mol. The second-order valence-electron chi connectivity index (χ2n) is 7.36. The van der Waals surface area contributed by atoms with Crippen molar-refractivity contribution in [3.05, 3.63) is 35.4 Å². The van der Waals surface area contributed by atoms with Gasteiger partial charge in [0.2, 0.25) is 0 Å². The van der Waals surface area contributed by atoms with Crippen LogP contribution in [0.4, 0.5) is 0 Å². The van der Waals surface area contributed by atoms with Crippen molar-refractivity contribution in [2.24, 2.45) is 5.73 Å². The van der Waals surface area contributed by atoms with Crippen molar-refractivity contribution in [2.75, 3.05) is 32.8 Å². The Balaban J connectivity index is 1.84. The molecule has 0 atom stereocenters. The Morgan fingerprint density at radius 3 is 2.46 bits per heavy atom. The lowest BCUT2D eigenvalue weighted by molar-refractivity contribution is 0.00844. The van der Waals surface area contributed by atoms with Gasteiger partial charge >= 0.3 is 0 Å². The molecular formula is C21H35N3O2. The lowest BCUT2D eigenvalue weighted by atomic mass is 10.1. The van der Waals surface area contributed by atoms with E-state index in [9.17, 15) is 4.79 Å². The number of benzene rings is 1. The monoisotopic (exact) mass is 361 g/mol. The molecule has 26 heavy (non-hydrogen) atoms. The van der Waals surface area contributed by atoms with Crippen molar-refractivity contribution in [1.82, 2.24) is 9.80 Å². The normalized spacial score (nSPS) is 15.8. The smallest absolute Gasteiger partial charge is 0.253 e. The molecule has 0 radical (unpaired) electrons. The lowest BCUT2D eigenvalue weighted by Gasteiger charge is -2.32. The third-order valence-electron chi connectivity index (χ3n) is 5.15. The highest BCUT2D eigenvalue weighted by atomic mass is 16.5. The summed E-state index contributed by atoms with van der Waals surface area (Å²) < 4.78 is 5.82. The number of hydrogen-bond acceptors (Lipinski definition) is 4. The van der Waals surface area contributed by atoms with Crippen molar-refractivity contribution in [3.8, 4) is 0 Å². The number of ether oxygens (including phenoxy) is 1. The maximum atomic E-state index is 12.7. The van der Waals surface area contributed by atoms with Crippen LogP contribution in [0.3, 0.4) is 0 Å². The van der Waals surface area contributed by atoms with Crippen LogP contribution in [-0.4, -0.2) is 60.6 Å². The molecule has 1 aliphatic heterocycles. The van der Waals surface area contributed by atoms with Gasteiger partial charge in [0.05, 0.1) is 6.10 Å². The molecule has 2 rings (SSSR count). The summed E-state index contributed by atoms with van der Waals surface area (Å²) in [6.45, 7) is 11.5. The molecule has 1 saturated heterocycles. The summed E-state index contributed by atoms with van der Waals surface area (Å²) in [4.78, 5) is 17.1. The average Bonchev–Trinajstić information content (AvgIpc) is 2.66. The van der Waals surface area contributed by atoms with Crippen molar-refractivity contribution >= 4 is 5.91 Å². The quantitative estimate of drug-likeness (QED) is 0.687. The van der Waals surface area contributed by atoms with Crippen molar-refractivity contribution in [2.45, 2.75) is 58.7 Å². The van der Waals surface area contributed by atoms with Crippen LogP contribution in [0.2, 0.25) is 0 Å². The van der Waals surface area contributed by atoms with Gasteiger partial charge in [-0.2, -0.15) is 0 Å². The van der Waals surface area contributed by atoms with Gasteiger partial charge in [0.1, 0.15) is 0 Å². The fraction of sp³-hybridized carbons (Fsp3) is 0.667. The first-order chi connectivity index (χ1) is 12.5. The molecule has 1 amide bonds. The average molecular weight is 362 g/mol. The molecule has 0 spiro atoms. The maximum Gasteiger partial charge on any atom is 0.253 e. The van der Waals surface area contributed by atoms with E-state index in [1.807, 2.05) is 17.0 Å². The highest BCUT2D eigenvalue weighted by Gasteiger charge is 2.24. The highest BCUT2D eigenvalue weighted by molar-refractivity contribution is 5.94. The van der Waals surface area contributed by atoms with Crippen LogP contribution in [0.5, 0.6) is 0 Å². The summed E-state index contributed by atoms with van der Waals surface area (Å²) in [7, 11) is 0. The van der Waals surface area contributed by atoms with Crippen LogP contribution in [0, 0.1) is 0 Å². The second-order valence-corrected chi connectivity index (χ2v) is 7.36. The Labute approximate surface area is 158 Å². The van der Waals surface area contributed by atoms with E-state index in [4.69, 9.17) is 10.5 Å². The lowest BCUT2D eigenvalue weighted by Crippen LogP contribution is -2.41. The van der Waals surface area contributed by atoms with E-state index >= 15 is 0 Å². The Kier molecular flexibility index (Phi) is 8.55. The Morgan fingerprint density at radius 2 is 1.92 bits per heavy atom. The van der Waals surface area contributed by atoms with E-state index in [1.165, 1.54) is 5.56 Å². The summed E-state index contributed by atoms with van der Waals surface area (Å²) >= 11 is 0. The maximum absolute atomic E-state index is 12.7. The number of hydrogen-bond donors (Lipinski definition) is 1. The van der Waals surface area contributed by atoms with Gasteiger partial charge in [-0.3, -0.25) is 9.69 Å². The number of carbonyl (C=O) groups excluding carboxylic acids is 1. The molecule has 1 fully saturated rings. The van der Waals surface area contributed by atoms with E-state index in [0.717, 1.165) is 57.6 Å². The summed E-state index contributed by atoms with van der Waals surface area (Å²) in [5.41, 5.74) is 7.53. The largest absolute Gasteiger partial charge is 0.378 e. The van der Waals surface area contributed by atoms with Crippen LogP contribution >= 0.6 is 0 Å². The highest BCUT2D eigenvalue weighted by Crippen LogP contribution is 2.17.